The molecule has 1 spiro atoms. The Morgan fingerprint density at radius 2 is 2.05 bits per heavy atom. The number of halogens is 1. The summed E-state index contributed by atoms with van der Waals surface area (Å²) in [6, 6.07) is 8.18. The molecule has 3 rings (SSSR count). The normalized spacial score (nSPS) is 25.5. The lowest BCUT2D eigenvalue weighted by molar-refractivity contribution is -0.0951. The van der Waals surface area contributed by atoms with Crippen molar-refractivity contribution in [2.24, 2.45) is 11.3 Å². The molecular formula is C18H26ClNO2. The zero-order chi connectivity index (χ0) is 15.4. The number of nitrogens with zero attached hydrogens (tertiary/aromatic N) is 1. The van der Waals surface area contributed by atoms with E-state index in [0.29, 0.717) is 11.3 Å². The van der Waals surface area contributed by atoms with Gasteiger partial charge in [-0.3, -0.25) is 4.90 Å². The SMILES string of the molecule is COC[C@H]1COCCC12CCN(Cc1ccccc1Cl)CC2. The van der Waals surface area contributed by atoms with E-state index in [9.17, 15) is 0 Å². The number of likely N-dealkylation sites (tertiary alicyclic amines) is 1. The van der Waals surface area contributed by atoms with Gasteiger partial charge in [-0.1, -0.05) is 29.8 Å². The van der Waals surface area contributed by atoms with Gasteiger partial charge < -0.3 is 9.47 Å². The Balaban J connectivity index is 1.60. The summed E-state index contributed by atoms with van der Waals surface area (Å²) in [6.07, 6.45) is 3.67. The van der Waals surface area contributed by atoms with Gasteiger partial charge in [0.15, 0.2) is 0 Å². The molecule has 0 N–H and O–H groups in total. The Hall–Kier alpha value is -0.610. The average molecular weight is 324 g/mol. The van der Waals surface area contributed by atoms with Crippen molar-refractivity contribution in [3.63, 3.8) is 0 Å². The van der Waals surface area contributed by atoms with E-state index >= 15 is 0 Å². The molecule has 1 aromatic rings. The van der Waals surface area contributed by atoms with Crippen LogP contribution in [0.15, 0.2) is 24.3 Å². The molecule has 0 aromatic heterocycles. The second kappa shape index (κ2) is 7.31. The zero-order valence-electron chi connectivity index (χ0n) is 13.4. The summed E-state index contributed by atoms with van der Waals surface area (Å²) in [6.45, 7) is 5.84. The van der Waals surface area contributed by atoms with Crippen LogP contribution in [0, 0.1) is 11.3 Å². The molecule has 0 saturated carbocycles. The fourth-order valence-electron chi connectivity index (χ4n) is 3.99. The summed E-state index contributed by atoms with van der Waals surface area (Å²) in [5.41, 5.74) is 1.66. The molecule has 2 fully saturated rings. The van der Waals surface area contributed by atoms with Crippen molar-refractivity contribution in [2.75, 3.05) is 40.0 Å². The Morgan fingerprint density at radius 1 is 1.27 bits per heavy atom. The highest BCUT2D eigenvalue weighted by Gasteiger charge is 2.43. The monoisotopic (exact) mass is 323 g/mol. The fourth-order valence-corrected chi connectivity index (χ4v) is 4.19. The van der Waals surface area contributed by atoms with E-state index in [2.05, 4.69) is 17.0 Å². The number of benzene rings is 1. The van der Waals surface area contributed by atoms with Crippen LogP contribution in [-0.2, 0) is 16.0 Å². The number of piperidine rings is 1. The summed E-state index contributed by atoms with van der Waals surface area (Å²) >= 11 is 6.29. The summed E-state index contributed by atoms with van der Waals surface area (Å²) in [5.74, 6) is 0.550. The molecule has 0 bridgehead atoms. The number of methoxy groups -OCH3 is 1. The van der Waals surface area contributed by atoms with Gasteiger partial charge in [-0.15, -0.1) is 0 Å². The molecule has 1 aromatic carbocycles. The molecule has 4 heteroatoms. The van der Waals surface area contributed by atoms with Crippen molar-refractivity contribution in [1.29, 1.82) is 0 Å². The van der Waals surface area contributed by atoms with E-state index in [1.54, 1.807) is 7.11 Å². The molecule has 2 aliphatic rings. The lowest BCUT2D eigenvalue weighted by atomic mass is 9.66. The first-order chi connectivity index (χ1) is 10.7. The van der Waals surface area contributed by atoms with Crippen LogP contribution in [0.5, 0.6) is 0 Å². The first kappa shape index (κ1) is 16.3. The van der Waals surface area contributed by atoms with Crippen LogP contribution in [0.1, 0.15) is 24.8 Å². The highest BCUT2D eigenvalue weighted by molar-refractivity contribution is 6.31. The maximum absolute atomic E-state index is 6.29. The second-order valence-corrected chi connectivity index (χ2v) is 7.11. The second-order valence-electron chi connectivity index (χ2n) is 6.71. The van der Waals surface area contributed by atoms with Crippen LogP contribution in [0.3, 0.4) is 0 Å². The van der Waals surface area contributed by atoms with Gasteiger partial charge in [0.1, 0.15) is 0 Å². The maximum Gasteiger partial charge on any atom is 0.0521 e. The molecule has 2 aliphatic heterocycles. The van der Waals surface area contributed by atoms with E-state index in [1.807, 2.05) is 12.1 Å². The van der Waals surface area contributed by atoms with E-state index in [0.717, 1.165) is 44.5 Å². The van der Waals surface area contributed by atoms with Gasteiger partial charge in [0, 0.05) is 31.2 Å². The van der Waals surface area contributed by atoms with Crippen molar-refractivity contribution in [3.8, 4) is 0 Å². The summed E-state index contributed by atoms with van der Waals surface area (Å²) < 4.78 is 11.1. The fraction of sp³-hybridized carbons (Fsp3) is 0.667. The van der Waals surface area contributed by atoms with Gasteiger partial charge in [-0.2, -0.15) is 0 Å². The Kier molecular flexibility index (Phi) is 5.40. The average Bonchev–Trinajstić information content (AvgIpc) is 2.54. The molecule has 3 nitrogen and oxygen atoms in total. The molecule has 0 unspecified atom stereocenters. The smallest absolute Gasteiger partial charge is 0.0521 e. The Morgan fingerprint density at radius 3 is 2.77 bits per heavy atom. The summed E-state index contributed by atoms with van der Waals surface area (Å²) in [4.78, 5) is 2.53. The van der Waals surface area contributed by atoms with Crippen LogP contribution < -0.4 is 0 Å². The van der Waals surface area contributed by atoms with E-state index in [1.165, 1.54) is 24.8 Å². The van der Waals surface area contributed by atoms with Gasteiger partial charge in [-0.25, -0.2) is 0 Å². The number of hydrogen-bond donors (Lipinski definition) is 0. The van der Waals surface area contributed by atoms with Crippen LogP contribution in [-0.4, -0.2) is 44.9 Å². The highest BCUT2D eigenvalue weighted by Crippen LogP contribution is 2.45. The van der Waals surface area contributed by atoms with Crippen molar-refractivity contribution >= 4 is 11.6 Å². The third-order valence-electron chi connectivity index (χ3n) is 5.50. The Bertz CT molecular complexity index is 484. The topological polar surface area (TPSA) is 21.7 Å². The van der Waals surface area contributed by atoms with Gasteiger partial charge in [0.05, 0.1) is 13.2 Å². The highest BCUT2D eigenvalue weighted by atomic mass is 35.5. The zero-order valence-corrected chi connectivity index (χ0v) is 14.1. The minimum Gasteiger partial charge on any atom is -0.384 e. The molecular weight excluding hydrogens is 298 g/mol. The number of hydrogen-bond acceptors (Lipinski definition) is 3. The quantitative estimate of drug-likeness (QED) is 0.845. The van der Waals surface area contributed by atoms with Gasteiger partial charge in [-0.05, 0) is 49.4 Å². The van der Waals surface area contributed by atoms with Crippen LogP contribution in [0.2, 0.25) is 5.02 Å². The predicted octanol–water partition coefficient (Wildman–Crippen LogP) is 3.61. The standard InChI is InChI=1S/C18H26ClNO2/c1-21-13-16-14-22-11-8-18(16)6-9-20(10-7-18)12-15-4-2-3-5-17(15)19/h2-5,16H,6-14H2,1H3/t16-/m0/s1. The van der Waals surface area contributed by atoms with Crippen LogP contribution >= 0.6 is 11.6 Å². The third-order valence-corrected chi connectivity index (χ3v) is 5.87. The Labute approximate surface area is 138 Å². The van der Waals surface area contributed by atoms with Gasteiger partial charge in [0.2, 0.25) is 0 Å². The molecule has 122 valence electrons. The van der Waals surface area contributed by atoms with E-state index in [4.69, 9.17) is 21.1 Å². The number of ether oxygens (including phenoxy) is 2. The molecule has 0 aliphatic carbocycles. The summed E-state index contributed by atoms with van der Waals surface area (Å²) in [7, 11) is 1.80. The van der Waals surface area contributed by atoms with E-state index in [-0.39, 0.29) is 0 Å². The first-order valence-corrected chi connectivity index (χ1v) is 8.64. The van der Waals surface area contributed by atoms with Crippen LogP contribution in [0.25, 0.3) is 0 Å². The largest absolute Gasteiger partial charge is 0.384 e. The maximum atomic E-state index is 6.29. The molecule has 22 heavy (non-hydrogen) atoms. The molecule has 0 radical (unpaired) electrons. The molecule has 2 heterocycles. The van der Waals surface area contributed by atoms with Crippen molar-refractivity contribution in [2.45, 2.75) is 25.8 Å². The molecule has 0 amide bonds. The van der Waals surface area contributed by atoms with Crippen molar-refractivity contribution < 1.29 is 9.47 Å². The van der Waals surface area contributed by atoms with Crippen LogP contribution in [0.4, 0.5) is 0 Å². The first-order valence-electron chi connectivity index (χ1n) is 8.26. The lowest BCUT2D eigenvalue weighted by Gasteiger charge is -2.49. The minimum absolute atomic E-state index is 0.422. The predicted molar refractivity (Wildman–Crippen MR) is 89.2 cm³/mol. The minimum atomic E-state index is 0.422. The molecule has 2 saturated heterocycles. The molecule has 1 atom stereocenters. The van der Waals surface area contributed by atoms with E-state index < -0.39 is 0 Å². The van der Waals surface area contributed by atoms with Gasteiger partial charge in [0.25, 0.3) is 0 Å². The lowest BCUT2D eigenvalue weighted by Crippen LogP contribution is -2.49. The van der Waals surface area contributed by atoms with Crippen molar-refractivity contribution in [3.05, 3.63) is 34.9 Å². The van der Waals surface area contributed by atoms with Crippen molar-refractivity contribution in [1.82, 2.24) is 4.90 Å². The summed E-state index contributed by atoms with van der Waals surface area (Å²) in [5, 5.41) is 0.881. The van der Waals surface area contributed by atoms with Gasteiger partial charge >= 0.3 is 0 Å². The number of rotatable bonds is 4. The third kappa shape index (κ3) is 3.48.